The average molecular weight is 365 g/mol. The van der Waals surface area contributed by atoms with Crippen molar-refractivity contribution in [2.75, 3.05) is 26.3 Å². The second kappa shape index (κ2) is 7.35. The highest BCUT2D eigenvalue weighted by Crippen LogP contribution is 2.19. The Morgan fingerprint density at radius 1 is 1.04 bits per heavy atom. The first-order chi connectivity index (χ1) is 12.7. The molecule has 2 aromatic carbocycles. The molecule has 0 aliphatic carbocycles. The smallest absolute Gasteiger partial charge is 0.182 e. The molecule has 0 atom stereocenters. The summed E-state index contributed by atoms with van der Waals surface area (Å²) in [7, 11) is 0. The summed E-state index contributed by atoms with van der Waals surface area (Å²) in [6.07, 6.45) is 0. The molecule has 1 saturated heterocycles. The van der Waals surface area contributed by atoms with E-state index in [9.17, 15) is 4.79 Å². The number of aromatic nitrogens is 2. The summed E-state index contributed by atoms with van der Waals surface area (Å²) >= 11 is 5.71. The van der Waals surface area contributed by atoms with Gasteiger partial charge in [-0.15, -0.1) is 0 Å². The lowest BCUT2D eigenvalue weighted by Gasteiger charge is -2.28. The van der Waals surface area contributed by atoms with Crippen molar-refractivity contribution in [3.05, 3.63) is 66.0 Å². The number of benzene rings is 2. The van der Waals surface area contributed by atoms with Gasteiger partial charge in [0.2, 0.25) is 0 Å². The zero-order valence-corrected chi connectivity index (χ0v) is 15.1. The zero-order chi connectivity index (χ0) is 17.9. The number of ketones is 1. The molecule has 2 heterocycles. The number of rotatable bonds is 4. The second-order valence-corrected chi connectivity index (χ2v) is 6.59. The number of carbonyl (C=O) groups excluding carboxylic acids is 1. The third kappa shape index (κ3) is 3.25. The quantitative estimate of drug-likeness (QED) is 0.526. The number of hydrogen-bond acceptors (Lipinski definition) is 4. The number of para-hydroxylation sites is 2. The molecule has 0 amide bonds. The molecular formula is C20H19N3O2S. The minimum Gasteiger partial charge on any atom is -0.378 e. The van der Waals surface area contributed by atoms with E-state index in [2.05, 4.69) is 4.90 Å². The van der Waals surface area contributed by atoms with Crippen LogP contribution in [0.15, 0.2) is 54.6 Å². The zero-order valence-electron chi connectivity index (χ0n) is 14.3. The minimum absolute atomic E-state index is 0.0415. The standard InChI is InChI=1S/C20H19N3O2S/c24-18(15-6-2-1-3-7-15)14-23-17-9-5-4-8-16(17)21-19(23)20(26)22-10-12-25-13-11-22/h1-9H,10-14H2. The van der Waals surface area contributed by atoms with E-state index in [1.807, 2.05) is 59.2 Å². The van der Waals surface area contributed by atoms with E-state index in [0.717, 1.165) is 24.1 Å². The summed E-state index contributed by atoms with van der Waals surface area (Å²) in [5.74, 6) is 0.715. The highest BCUT2D eigenvalue weighted by molar-refractivity contribution is 7.80. The minimum atomic E-state index is 0.0415. The van der Waals surface area contributed by atoms with Crippen LogP contribution >= 0.6 is 12.2 Å². The van der Waals surface area contributed by atoms with Gasteiger partial charge in [0.05, 0.1) is 30.8 Å². The first-order valence-corrected chi connectivity index (χ1v) is 9.05. The molecule has 132 valence electrons. The highest BCUT2D eigenvalue weighted by atomic mass is 32.1. The maximum absolute atomic E-state index is 12.8. The number of morpholine rings is 1. The SMILES string of the molecule is O=C(Cn1c(C(=S)N2CCOCC2)nc2ccccc21)c1ccccc1. The first kappa shape index (κ1) is 16.9. The molecule has 5 nitrogen and oxygen atoms in total. The van der Waals surface area contributed by atoms with Gasteiger partial charge in [-0.3, -0.25) is 4.79 Å². The Bertz CT molecular complexity index is 946. The van der Waals surface area contributed by atoms with Gasteiger partial charge in [0, 0.05) is 18.7 Å². The number of fused-ring (bicyclic) bond motifs is 1. The van der Waals surface area contributed by atoms with Crippen molar-refractivity contribution in [1.29, 1.82) is 0 Å². The van der Waals surface area contributed by atoms with Crippen LogP contribution in [0.3, 0.4) is 0 Å². The summed E-state index contributed by atoms with van der Waals surface area (Å²) in [4.78, 5) is 20.3. The molecule has 0 bridgehead atoms. The van der Waals surface area contributed by atoms with Crippen molar-refractivity contribution < 1.29 is 9.53 Å². The van der Waals surface area contributed by atoms with Gasteiger partial charge >= 0.3 is 0 Å². The van der Waals surface area contributed by atoms with Crippen molar-refractivity contribution in [3.8, 4) is 0 Å². The molecule has 0 spiro atoms. The topological polar surface area (TPSA) is 47.4 Å². The molecule has 6 heteroatoms. The van der Waals surface area contributed by atoms with Crippen LogP contribution in [0.2, 0.25) is 0 Å². The normalized spacial score (nSPS) is 14.5. The molecule has 0 radical (unpaired) electrons. The molecule has 3 aromatic rings. The Labute approximate surface area is 157 Å². The van der Waals surface area contributed by atoms with E-state index in [0.29, 0.717) is 29.6 Å². The van der Waals surface area contributed by atoms with Crippen molar-refractivity contribution >= 4 is 34.0 Å². The van der Waals surface area contributed by atoms with Crippen LogP contribution in [-0.4, -0.2) is 51.5 Å². The van der Waals surface area contributed by atoms with Crippen molar-refractivity contribution in [1.82, 2.24) is 14.5 Å². The molecular weight excluding hydrogens is 346 g/mol. The van der Waals surface area contributed by atoms with Crippen molar-refractivity contribution in [3.63, 3.8) is 0 Å². The van der Waals surface area contributed by atoms with Gasteiger partial charge in [-0.1, -0.05) is 54.7 Å². The van der Waals surface area contributed by atoms with Gasteiger partial charge in [-0.05, 0) is 12.1 Å². The fraction of sp³-hybridized carbons (Fsp3) is 0.250. The fourth-order valence-corrected chi connectivity index (χ4v) is 3.50. The molecule has 1 fully saturated rings. The molecule has 1 aliphatic rings. The molecule has 0 saturated carbocycles. The van der Waals surface area contributed by atoms with Gasteiger partial charge in [0.15, 0.2) is 11.6 Å². The molecule has 1 aromatic heterocycles. The average Bonchev–Trinajstić information content (AvgIpc) is 3.07. The Morgan fingerprint density at radius 2 is 1.73 bits per heavy atom. The van der Waals surface area contributed by atoms with E-state index >= 15 is 0 Å². The maximum Gasteiger partial charge on any atom is 0.182 e. The number of imidazole rings is 1. The molecule has 4 rings (SSSR count). The number of ether oxygens (including phenoxy) is 1. The van der Waals surface area contributed by atoms with Crippen molar-refractivity contribution in [2.45, 2.75) is 6.54 Å². The van der Waals surface area contributed by atoms with E-state index in [4.69, 9.17) is 21.9 Å². The number of nitrogens with zero attached hydrogens (tertiary/aromatic N) is 3. The molecule has 0 unspecified atom stereocenters. The summed E-state index contributed by atoms with van der Waals surface area (Å²) in [6.45, 7) is 3.01. The van der Waals surface area contributed by atoms with Gasteiger partial charge in [0.1, 0.15) is 4.99 Å². The van der Waals surface area contributed by atoms with Gasteiger partial charge in [0.25, 0.3) is 0 Å². The van der Waals surface area contributed by atoms with Gasteiger partial charge < -0.3 is 14.2 Å². The summed E-state index contributed by atoms with van der Waals surface area (Å²) in [6, 6.07) is 17.1. The monoisotopic (exact) mass is 365 g/mol. The van der Waals surface area contributed by atoms with Gasteiger partial charge in [-0.2, -0.15) is 0 Å². The summed E-state index contributed by atoms with van der Waals surface area (Å²) in [5.41, 5.74) is 2.45. The summed E-state index contributed by atoms with van der Waals surface area (Å²) < 4.78 is 7.35. The molecule has 1 aliphatic heterocycles. The van der Waals surface area contributed by atoms with Crippen LogP contribution in [-0.2, 0) is 11.3 Å². The van der Waals surface area contributed by atoms with Crippen LogP contribution in [0.25, 0.3) is 11.0 Å². The maximum atomic E-state index is 12.8. The largest absolute Gasteiger partial charge is 0.378 e. The lowest BCUT2D eigenvalue weighted by atomic mass is 10.1. The fourth-order valence-electron chi connectivity index (χ4n) is 3.17. The molecule has 26 heavy (non-hydrogen) atoms. The highest BCUT2D eigenvalue weighted by Gasteiger charge is 2.22. The van der Waals surface area contributed by atoms with E-state index in [-0.39, 0.29) is 12.3 Å². The lowest BCUT2D eigenvalue weighted by molar-refractivity contribution is 0.0690. The summed E-state index contributed by atoms with van der Waals surface area (Å²) in [5, 5.41) is 0. The third-order valence-electron chi connectivity index (χ3n) is 4.54. The predicted octanol–water partition coefficient (Wildman–Crippen LogP) is 2.93. The number of hydrogen-bond donors (Lipinski definition) is 0. The van der Waals surface area contributed by atoms with E-state index in [1.54, 1.807) is 0 Å². The third-order valence-corrected chi connectivity index (χ3v) is 4.98. The number of Topliss-reactive ketones (excluding diaryl/α,β-unsaturated/α-hetero) is 1. The van der Waals surface area contributed by atoms with E-state index in [1.165, 1.54) is 0 Å². The van der Waals surface area contributed by atoms with Crippen LogP contribution in [0.4, 0.5) is 0 Å². The van der Waals surface area contributed by atoms with Crippen molar-refractivity contribution in [2.24, 2.45) is 0 Å². The number of carbonyl (C=O) groups is 1. The molecule has 0 N–H and O–H groups in total. The van der Waals surface area contributed by atoms with Crippen LogP contribution in [0.5, 0.6) is 0 Å². The second-order valence-electron chi connectivity index (χ2n) is 6.20. The van der Waals surface area contributed by atoms with Gasteiger partial charge in [-0.25, -0.2) is 4.98 Å². The van der Waals surface area contributed by atoms with E-state index < -0.39 is 0 Å². The Morgan fingerprint density at radius 3 is 2.50 bits per heavy atom. The van der Waals surface area contributed by atoms with Crippen LogP contribution in [0.1, 0.15) is 16.2 Å². The predicted molar refractivity (Wildman–Crippen MR) is 105 cm³/mol. The lowest BCUT2D eigenvalue weighted by Crippen LogP contribution is -2.41. The Hall–Kier alpha value is -2.57. The number of thiocarbonyl (C=S) groups is 1. The Kier molecular flexibility index (Phi) is 4.77. The van der Waals surface area contributed by atoms with Crippen LogP contribution in [0, 0.1) is 0 Å². The first-order valence-electron chi connectivity index (χ1n) is 8.64. The Balaban J connectivity index is 1.72. The van der Waals surface area contributed by atoms with Crippen LogP contribution < -0.4 is 0 Å².